The standard InChI is InChI=1S/C32H38N2O5S2/c1-32(2,3)39-29(35)20-34-19-28(27-15-10-18-40-27)41-22-26(30(34)36)33-25(17-16-23-11-6-4-7-12-23)31(37)38-21-24-13-8-5-9-14-24/h4-15,18,25-26,28,33H,16-17,19-22H2,1-3H3. The largest absolute Gasteiger partial charge is 0.460 e. The molecule has 1 fully saturated rings. The van der Waals surface area contributed by atoms with Gasteiger partial charge in [-0.2, -0.15) is 0 Å². The third-order valence-electron chi connectivity index (χ3n) is 6.54. The van der Waals surface area contributed by atoms with Crippen molar-refractivity contribution in [3.63, 3.8) is 0 Å². The highest BCUT2D eigenvalue weighted by Crippen LogP contribution is 2.36. The Morgan fingerprint density at radius 1 is 1.00 bits per heavy atom. The maximum absolute atomic E-state index is 13.9. The second-order valence-electron chi connectivity index (χ2n) is 11.0. The van der Waals surface area contributed by atoms with Crippen molar-refractivity contribution >= 4 is 40.9 Å². The minimum Gasteiger partial charge on any atom is -0.460 e. The summed E-state index contributed by atoms with van der Waals surface area (Å²) >= 11 is 3.29. The zero-order valence-corrected chi connectivity index (χ0v) is 25.4. The summed E-state index contributed by atoms with van der Waals surface area (Å²) in [6.07, 6.45) is 1.11. The van der Waals surface area contributed by atoms with Crippen LogP contribution in [-0.2, 0) is 36.9 Å². The summed E-state index contributed by atoms with van der Waals surface area (Å²) in [6, 6.07) is 22.1. The lowest BCUT2D eigenvalue weighted by atomic mass is 10.0. The highest BCUT2D eigenvalue weighted by atomic mass is 32.2. The Morgan fingerprint density at radius 3 is 2.32 bits per heavy atom. The fraction of sp³-hybridized carbons (Fsp3) is 0.406. The van der Waals surface area contributed by atoms with Gasteiger partial charge in [-0.1, -0.05) is 66.7 Å². The van der Waals surface area contributed by atoms with Crippen molar-refractivity contribution in [1.82, 2.24) is 10.2 Å². The molecule has 3 atom stereocenters. The Labute approximate surface area is 250 Å². The predicted octanol–water partition coefficient (Wildman–Crippen LogP) is 5.41. The summed E-state index contributed by atoms with van der Waals surface area (Å²) in [5, 5.41) is 5.36. The SMILES string of the molecule is CC(C)(C)OC(=O)CN1CC(c2cccs2)SCC(NC(CCc2ccccc2)C(=O)OCc2ccccc2)C1=O. The van der Waals surface area contributed by atoms with Crippen molar-refractivity contribution in [3.05, 3.63) is 94.2 Å². The third-order valence-corrected chi connectivity index (χ3v) is 9.00. The van der Waals surface area contributed by atoms with E-state index in [2.05, 4.69) is 11.4 Å². The normalized spacial score (nSPS) is 18.4. The molecule has 0 aliphatic carbocycles. The number of thiophene rings is 1. The van der Waals surface area contributed by atoms with Gasteiger partial charge in [0.15, 0.2) is 0 Å². The fourth-order valence-corrected chi connectivity index (χ4v) is 6.84. The minimum atomic E-state index is -0.699. The van der Waals surface area contributed by atoms with E-state index in [0.29, 0.717) is 25.1 Å². The van der Waals surface area contributed by atoms with Crippen LogP contribution in [0.15, 0.2) is 78.2 Å². The maximum atomic E-state index is 13.9. The molecule has 0 bridgehead atoms. The smallest absolute Gasteiger partial charge is 0.326 e. The molecule has 2 heterocycles. The Kier molecular flexibility index (Phi) is 11.0. The van der Waals surface area contributed by atoms with Gasteiger partial charge in [-0.25, -0.2) is 0 Å². The van der Waals surface area contributed by atoms with E-state index < -0.39 is 29.6 Å². The second-order valence-corrected chi connectivity index (χ2v) is 13.2. The van der Waals surface area contributed by atoms with Crippen LogP contribution in [0.1, 0.15) is 48.4 Å². The third kappa shape index (κ3) is 9.73. The number of ether oxygens (including phenoxy) is 2. The Bertz CT molecular complexity index is 1260. The van der Waals surface area contributed by atoms with Crippen LogP contribution in [0.25, 0.3) is 0 Å². The first-order chi connectivity index (χ1) is 19.7. The fourth-order valence-electron chi connectivity index (χ4n) is 4.58. The van der Waals surface area contributed by atoms with Crippen molar-refractivity contribution in [2.24, 2.45) is 0 Å². The molecule has 41 heavy (non-hydrogen) atoms. The molecule has 2 aromatic carbocycles. The van der Waals surface area contributed by atoms with Crippen LogP contribution in [0.3, 0.4) is 0 Å². The molecule has 3 aromatic rings. The van der Waals surface area contributed by atoms with E-state index in [1.165, 1.54) is 0 Å². The van der Waals surface area contributed by atoms with Crippen molar-refractivity contribution < 1.29 is 23.9 Å². The molecule has 0 saturated carbocycles. The summed E-state index contributed by atoms with van der Waals surface area (Å²) < 4.78 is 11.2. The average Bonchev–Trinajstić information content (AvgIpc) is 3.44. The molecular formula is C32H38N2O5S2. The minimum absolute atomic E-state index is 0.0148. The van der Waals surface area contributed by atoms with Gasteiger partial charge in [-0.3, -0.25) is 19.7 Å². The Balaban J connectivity index is 1.51. The average molecular weight is 595 g/mol. The molecule has 1 aliphatic rings. The molecule has 9 heteroatoms. The summed E-state index contributed by atoms with van der Waals surface area (Å²) in [5.41, 5.74) is 1.34. The van der Waals surface area contributed by atoms with Gasteiger partial charge in [0.25, 0.3) is 0 Å². The summed E-state index contributed by atoms with van der Waals surface area (Å²) in [7, 11) is 0. The van der Waals surface area contributed by atoms with Crippen LogP contribution in [0.5, 0.6) is 0 Å². The van der Waals surface area contributed by atoms with Crippen LogP contribution >= 0.6 is 23.1 Å². The van der Waals surface area contributed by atoms with Gasteiger partial charge >= 0.3 is 11.9 Å². The molecule has 7 nitrogen and oxygen atoms in total. The van der Waals surface area contributed by atoms with E-state index >= 15 is 0 Å². The molecule has 1 saturated heterocycles. The topological polar surface area (TPSA) is 84.9 Å². The molecule has 1 N–H and O–H groups in total. The molecule has 1 aromatic heterocycles. The van der Waals surface area contributed by atoms with Gasteiger partial charge in [-0.05, 0) is 56.2 Å². The van der Waals surface area contributed by atoms with E-state index in [0.717, 1.165) is 16.0 Å². The number of aryl methyl sites for hydroxylation is 1. The highest BCUT2D eigenvalue weighted by molar-refractivity contribution is 7.99. The summed E-state index contributed by atoms with van der Waals surface area (Å²) in [5.74, 6) is -0.618. The van der Waals surface area contributed by atoms with E-state index in [1.807, 2.05) is 92.9 Å². The number of rotatable bonds is 11. The summed E-state index contributed by atoms with van der Waals surface area (Å²) in [6.45, 7) is 5.81. The molecule has 0 radical (unpaired) electrons. The number of thioether (sulfide) groups is 1. The van der Waals surface area contributed by atoms with E-state index in [-0.39, 0.29) is 24.3 Å². The monoisotopic (exact) mass is 594 g/mol. The number of carbonyl (C=O) groups is 3. The van der Waals surface area contributed by atoms with Crippen LogP contribution < -0.4 is 5.32 Å². The predicted molar refractivity (Wildman–Crippen MR) is 164 cm³/mol. The van der Waals surface area contributed by atoms with Crippen molar-refractivity contribution in [1.29, 1.82) is 0 Å². The van der Waals surface area contributed by atoms with E-state index in [1.54, 1.807) is 28.0 Å². The van der Waals surface area contributed by atoms with Gasteiger partial charge in [0.2, 0.25) is 5.91 Å². The van der Waals surface area contributed by atoms with Gasteiger partial charge in [0, 0.05) is 17.2 Å². The Morgan fingerprint density at radius 2 is 1.68 bits per heavy atom. The van der Waals surface area contributed by atoms with Crippen LogP contribution in [0, 0.1) is 0 Å². The lowest BCUT2D eigenvalue weighted by Crippen LogP contribution is -2.54. The second kappa shape index (κ2) is 14.7. The number of carbonyl (C=O) groups excluding carboxylic acids is 3. The Hall–Kier alpha value is -3.14. The lowest BCUT2D eigenvalue weighted by molar-refractivity contribution is -0.159. The first-order valence-electron chi connectivity index (χ1n) is 13.8. The van der Waals surface area contributed by atoms with Crippen molar-refractivity contribution in [2.75, 3.05) is 18.8 Å². The van der Waals surface area contributed by atoms with E-state index in [9.17, 15) is 14.4 Å². The van der Waals surface area contributed by atoms with Gasteiger partial charge in [0.1, 0.15) is 24.8 Å². The molecular weight excluding hydrogens is 556 g/mol. The molecule has 0 spiro atoms. The molecule has 218 valence electrons. The molecule has 3 unspecified atom stereocenters. The number of hydrogen-bond donors (Lipinski definition) is 1. The number of nitrogens with one attached hydrogen (secondary N) is 1. The van der Waals surface area contributed by atoms with Crippen LogP contribution in [0.2, 0.25) is 0 Å². The van der Waals surface area contributed by atoms with Gasteiger partial charge in [-0.15, -0.1) is 23.1 Å². The molecule has 4 rings (SSSR count). The molecule has 1 aliphatic heterocycles. The number of esters is 2. The van der Waals surface area contributed by atoms with E-state index in [4.69, 9.17) is 9.47 Å². The first-order valence-corrected chi connectivity index (χ1v) is 15.8. The number of hydrogen-bond acceptors (Lipinski definition) is 8. The zero-order chi connectivity index (χ0) is 29.2. The van der Waals surface area contributed by atoms with Crippen LogP contribution in [0.4, 0.5) is 0 Å². The van der Waals surface area contributed by atoms with Crippen molar-refractivity contribution in [3.8, 4) is 0 Å². The lowest BCUT2D eigenvalue weighted by Gasteiger charge is -2.28. The first kappa shape index (κ1) is 30.8. The maximum Gasteiger partial charge on any atom is 0.326 e. The van der Waals surface area contributed by atoms with Gasteiger partial charge in [0.05, 0.1) is 11.3 Å². The highest BCUT2D eigenvalue weighted by Gasteiger charge is 2.36. The number of nitrogens with zero attached hydrogens (tertiary/aromatic N) is 1. The summed E-state index contributed by atoms with van der Waals surface area (Å²) in [4.78, 5) is 42.7. The zero-order valence-electron chi connectivity index (χ0n) is 23.8. The van der Waals surface area contributed by atoms with Crippen molar-refractivity contribution in [2.45, 2.75) is 63.2 Å². The van der Waals surface area contributed by atoms with Crippen LogP contribution in [-0.4, -0.2) is 59.3 Å². The number of amides is 1. The number of benzene rings is 2. The quantitative estimate of drug-likeness (QED) is 0.297. The van der Waals surface area contributed by atoms with Gasteiger partial charge < -0.3 is 14.4 Å². The molecule has 1 amide bonds.